The van der Waals surface area contributed by atoms with Crippen LogP contribution in [0.15, 0.2) is 24.3 Å². The molecular weight excluding hydrogens is 288 g/mol. The number of hydrogen-bond donors (Lipinski definition) is 2. The fourth-order valence-corrected chi connectivity index (χ4v) is 3.77. The van der Waals surface area contributed by atoms with Gasteiger partial charge in [0.25, 0.3) is 0 Å². The molecule has 0 bridgehead atoms. The Bertz CT molecular complexity index is 601. The Morgan fingerprint density at radius 1 is 1.30 bits per heavy atom. The van der Waals surface area contributed by atoms with Crippen molar-refractivity contribution in [2.45, 2.75) is 25.3 Å². The summed E-state index contributed by atoms with van der Waals surface area (Å²) in [4.78, 5) is 13.8. The zero-order chi connectivity index (χ0) is 16.2. The van der Waals surface area contributed by atoms with E-state index in [1.165, 1.54) is 0 Å². The molecule has 2 heterocycles. The van der Waals surface area contributed by atoms with Crippen molar-refractivity contribution in [2.75, 3.05) is 24.5 Å². The van der Waals surface area contributed by atoms with Crippen LogP contribution in [0.2, 0.25) is 0 Å². The molecule has 3 rings (SSSR count). The molecule has 0 spiro atoms. The normalized spacial score (nSPS) is 25.3. The van der Waals surface area contributed by atoms with Crippen molar-refractivity contribution in [1.82, 2.24) is 5.32 Å². The van der Waals surface area contributed by atoms with Gasteiger partial charge in [0.05, 0.1) is 17.3 Å². The molecule has 3 N–H and O–H groups in total. The van der Waals surface area contributed by atoms with E-state index in [4.69, 9.17) is 5.73 Å². The second-order valence-corrected chi connectivity index (χ2v) is 6.43. The van der Waals surface area contributed by atoms with Crippen molar-refractivity contribution < 1.29 is 4.79 Å². The van der Waals surface area contributed by atoms with Crippen LogP contribution >= 0.6 is 0 Å². The molecule has 2 aliphatic heterocycles. The van der Waals surface area contributed by atoms with Crippen LogP contribution in [0.1, 0.15) is 24.8 Å². The number of nitrogens with two attached hydrogens (primary N) is 1. The number of nitriles is 1. The van der Waals surface area contributed by atoms with Gasteiger partial charge >= 0.3 is 0 Å². The number of hydrogen-bond acceptors (Lipinski definition) is 4. The second kappa shape index (κ2) is 7.01. The van der Waals surface area contributed by atoms with E-state index in [-0.39, 0.29) is 17.9 Å². The summed E-state index contributed by atoms with van der Waals surface area (Å²) in [6.45, 7) is 2.76. The number of benzene rings is 1. The minimum Gasteiger partial charge on any atom is -0.370 e. The first-order valence-electron chi connectivity index (χ1n) is 8.31. The molecule has 2 atom stereocenters. The molecule has 23 heavy (non-hydrogen) atoms. The molecule has 2 aliphatic rings. The second-order valence-electron chi connectivity index (χ2n) is 6.43. The average molecular weight is 311 g/mol. The fourth-order valence-electron chi connectivity index (χ4n) is 3.77. The molecule has 2 unspecified atom stereocenters. The Morgan fingerprint density at radius 2 is 2.04 bits per heavy atom. The van der Waals surface area contributed by atoms with E-state index in [9.17, 15) is 10.1 Å². The number of nitrogens with one attached hydrogen (secondary N) is 1. The lowest BCUT2D eigenvalue weighted by Gasteiger charge is -2.35. The van der Waals surface area contributed by atoms with E-state index in [2.05, 4.69) is 22.7 Å². The molecule has 5 nitrogen and oxygen atoms in total. The summed E-state index contributed by atoms with van der Waals surface area (Å²) in [5.74, 6) is 0.534. The smallest absolute Gasteiger partial charge is 0.234 e. The zero-order valence-electron chi connectivity index (χ0n) is 13.2. The van der Waals surface area contributed by atoms with Crippen molar-refractivity contribution in [2.24, 2.45) is 17.6 Å². The van der Waals surface area contributed by atoms with Gasteiger partial charge in [0, 0.05) is 13.1 Å². The van der Waals surface area contributed by atoms with Crippen LogP contribution in [-0.4, -0.2) is 31.6 Å². The minimum absolute atomic E-state index is 0.202. The summed E-state index contributed by atoms with van der Waals surface area (Å²) in [5, 5.41) is 12.4. The first-order chi connectivity index (χ1) is 11.2. The lowest BCUT2D eigenvalue weighted by Crippen LogP contribution is -2.42. The number of anilines is 1. The largest absolute Gasteiger partial charge is 0.370 e. The summed E-state index contributed by atoms with van der Waals surface area (Å²) >= 11 is 0. The van der Waals surface area contributed by atoms with Crippen LogP contribution in [-0.2, 0) is 4.79 Å². The van der Waals surface area contributed by atoms with E-state index in [1.807, 2.05) is 24.3 Å². The molecule has 0 aliphatic carbocycles. The highest BCUT2D eigenvalue weighted by molar-refractivity contribution is 5.80. The summed E-state index contributed by atoms with van der Waals surface area (Å²) in [7, 11) is 0. The third-order valence-corrected chi connectivity index (χ3v) is 5.00. The SMILES string of the molecule is N#Cc1ccccc1N1CCC([CH]C2CCNC2C(N)=O)CC1. The molecular formula is C18H23N4O. The first-order valence-corrected chi connectivity index (χ1v) is 8.31. The summed E-state index contributed by atoms with van der Waals surface area (Å²) < 4.78 is 0. The Morgan fingerprint density at radius 3 is 2.74 bits per heavy atom. The lowest BCUT2D eigenvalue weighted by atomic mass is 9.83. The maximum Gasteiger partial charge on any atom is 0.234 e. The van der Waals surface area contributed by atoms with Crippen LogP contribution in [0, 0.1) is 29.6 Å². The number of carbonyl (C=O) groups is 1. The van der Waals surface area contributed by atoms with Gasteiger partial charge in [0.2, 0.25) is 5.91 Å². The Kier molecular flexibility index (Phi) is 4.82. The molecule has 2 fully saturated rings. The number of nitrogens with zero attached hydrogens (tertiary/aromatic N) is 2. The van der Waals surface area contributed by atoms with E-state index in [0.717, 1.165) is 50.1 Å². The van der Waals surface area contributed by atoms with Crippen molar-refractivity contribution in [3.8, 4) is 6.07 Å². The number of carbonyl (C=O) groups excluding carboxylic acids is 1. The molecule has 1 amide bonds. The van der Waals surface area contributed by atoms with Crippen LogP contribution in [0.4, 0.5) is 5.69 Å². The monoisotopic (exact) mass is 311 g/mol. The molecule has 0 aromatic heterocycles. The minimum atomic E-state index is -0.246. The first kappa shape index (κ1) is 15.8. The molecule has 121 valence electrons. The summed E-state index contributed by atoms with van der Waals surface area (Å²) in [5.41, 5.74) is 7.24. The highest BCUT2D eigenvalue weighted by atomic mass is 16.1. The van der Waals surface area contributed by atoms with Gasteiger partial charge in [0.1, 0.15) is 6.07 Å². The average Bonchev–Trinajstić information content (AvgIpc) is 3.04. The number of para-hydroxylation sites is 1. The van der Waals surface area contributed by atoms with Gasteiger partial charge in [-0.25, -0.2) is 0 Å². The van der Waals surface area contributed by atoms with E-state index >= 15 is 0 Å². The van der Waals surface area contributed by atoms with Gasteiger partial charge in [-0.2, -0.15) is 5.26 Å². The van der Waals surface area contributed by atoms with Crippen LogP contribution in [0.25, 0.3) is 0 Å². The van der Waals surface area contributed by atoms with E-state index in [0.29, 0.717) is 5.92 Å². The number of amides is 1. The maximum atomic E-state index is 11.5. The van der Waals surface area contributed by atoms with Gasteiger partial charge in [0.15, 0.2) is 0 Å². The molecule has 5 heteroatoms. The van der Waals surface area contributed by atoms with Gasteiger partial charge in [-0.15, -0.1) is 0 Å². The van der Waals surface area contributed by atoms with Gasteiger partial charge in [-0.1, -0.05) is 12.1 Å². The quantitative estimate of drug-likeness (QED) is 0.881. The van der Waals surface area contributed by atoms with Crippen molar-refractivity contribution in [1.29, 1.82) is 5.26 Å². The number of primary amides is 1. The van der Waals surface area contributed by atoms with E-state index < -0.39 is 0 Å². The Balaban J connectivity index is 1.57. The molecule has 1 radical (unpaired) electrons. The molecule has 1 aromatic carbocycles. The third-order valence-electron chi connectivity index (χ3n) is 5.00. The lowest BCUT2D eigenvalue weighted by molar-refractivity contribution is -0.120. The highest BCUT2D eigenvalue weighted by Gasteiger charge is 2.34. The fraction of sp³-hybridized carbons (Fsp3) is 0.500. The van der Waals surface area contributed by atoms with Crippen LogP contribution in [0.3, 0.4) is 0 Å². The van der Waals surface area contributed by atoms with Crippen molar-refractivity contribution in [3.05, 3.63) is 36.2 Å². The Hall–Kier alpha value is -2.06. The predicted octanol–water partition coefficient (Wildman–Crippen LogP) is 1.44. The third kappa shape index (κ3) is 3.48. The molecule has 1 aromatic rings. The zero-order valence-corrected chi connectivity index (χ0v) is 13.2. The van der Waals surface area contributed by atoms with Crippen LogP contribution < -0.4 is 16.0 Å². The number of piperidine rings is 1. The van der Waals surface area contributed by atoms with Crippen molar-refractivity contribution in [3.63, 3.8) is 0 Å². The number of rotatable bonds is 4. The predicted molar refractivity (Wildman–Crippen MR) is 89.5 cm³/mol. The van der Waals surface area contributed by atoms with Crippen molar-refractivity contribution >= 4 is 11.6 Å². The molecule has 0 saturated carbocycles. The van der Waals surface area contributed by atoms with Gasteiger partial charge < -0.3 is 16.0 Å². The van der Waals surface area contributed by atoms with E-state index in [1.54, 1.807) is 0 Å². The summed E-state index contributed by atoms with van der Waals surface area (Å²) in [6, 6.07) is 9.85. The highest BCUT2D eigenvalue weighted by Crippen LogP contribution is 2.31. The van der Waals surface area contributed by atoms with Crippen LogP contribution in [0.5, 0.6) is 0 Å². The topological polar surface area (TPSA) is 82.2 Å². The Labute approximate surface area is 137 Å². The summed E-state index contributed by atoms with van der Waals surface area (Å²) in [6.07, 6.45) is 5.44. The van der Waals surface area contributed by atoms with Gasteiger partial charge in [-0.05, 0) is 56.2 Å². The maximum absolute atomic E-state index is 11.5. The molecule has 2 saturated heterocycles. The van der Waals surface area contributed by atoms with Gasteiger partial charge in [-0.3, -0.25) is 4.79 Å². The standard InChI is InChI=1S/C18H23N4O/c19-12-15-3-1-2-4-16(15)22-9-6-13(7-10-22)11-14-5-8-21-17(14)18(20)23/h1-4,11,13-14,17,21H,5-10H2,(H2,20,23).